The minimum atomic E-state index is -1.04. The molecule has 1 atom stereocenters. The van der Waals surface area contributed by atoms with Crippen molar-refractivity contribution in [2.75, 3.05) is 0 Å². The first-order valence-electron chi connectivity index (χ1n) is 6.68. The van der Waals surface area contributed by atoms with E-state index in [1.54, 1.807) is 18.5 Å². The molecule has 1 aromatic carbocycles. The number of carboxylic acids is 1. The fraction of sp³-hybridized carbons (Fsp3) is 0.267. The predicted octanol–water partition coefficient (Wildman–Crippen LogP) is 1.77. The molecule has 21 heavy (non-hydrogen) atoms. The van der Waals surface area contributed by atoms with Crippen LogP contribution in [0.4, 0.5) is 0 Å². The Hall–Kier alpha value is -2.63. The standard InChI is InChI=1S/C15H17N3O3/c1-3-13(15(20)21)17-14(19)12-9-16-18(10(12)2)11-7-5-4-6-8-11/h4-9,13H,3H2,1-2H3,(H,17,19)(H,20,21). The van der Waals surface area contributed by atoms with Crippen molar-refractivity contribution in [3.63, 3.8) is 0 Å². The van der Waals surface area contributed by atoms with Crippen LogP contribution < -0.4 is 5.32 Å². The summed E-state index contributed by atoms with van der Waals surface area (Å²) in [6, 6.07) is 8.54. The second-order valence-electron chi connectivity index (χ2n) is 4.66. The Morgan fingerprint density at radius 2 is 2.00 bits per heavy atom. The highest BCUT2D eigenvalue weighted by molar-refractivity contribution is 5.97. The molecule has 0 spiro atoms. The van der Waals surface area contributed by atoms with Gasteiger partial charge in [0, 0.05) is 0 Å². The molecule has 2 rings (SSSR count). The highest BCUT2D eigenvalue weighted by Crippen LogP contribution is 2.14. The van der Waals surface area contributed by atoms with Gasteiger partial charge in [-0.2, -0.15) is 5.10 Å². The number of aliphatic carboxylic acids is 1. The normalized spacial score (nSPS) is 11.9. The molecular weight excluding hydrogens is 270 g/mol. The Morgan fingerprint density at radius 1 is 1.33 bits per heavy atom. The van der Waals surface area contributed by atoms with Crippen molar-refractivity contribution in [1.82, 2.24) is 15.1 Å². The van der Waals surface area contributed by atoms with Crippen LogP contribution in [-0.4, -0.2) is 32.8 Å². The predicted molar refractivity (Wildman–Crippen MR) is 77.5 cm³/mol. The summed E-state index contributed by atoms with van der Waals surface area (Å²) < 4.78 is 1.65. The lowest BCUT2D eigenvalue weighted by Crippen LogP contribution is -2.40. The van der Waals surface area contributed by atoms with Gasteiger partial charge in [-0.1, -0.05) is 25.1 Å². The van der Waals surface area contributed by atoms with Crippen molar-refractivity contribution in [1.29, 1.82) is 0 Å². The zero-order valence-electron chi connectivity index (χ0n) is 11.9. The van der Waals surface area contributed by atoms with E-state index in [1.807, 2.05) is 30.3 Å². The molecule has 0 aliphatic carbocycles. The number of rotatable bonds is 5. The van der Waals surface area contributed by atoms with Crippen LogP contribution in [0.3, 0.4) is 0 Å². The number of hydrogen-bond donors (Lipinski definition) is 2. The van der Waals surface area contributed by atoms with E-state index in [0.29, 0.717) is 17.7 Å². The molecule has 2 N–H and O–H groups in total. The van der Waals surface area contributed by atoms with Gasteiger partial charge in [0.05, 0.1) is 23.1 Å². The van der Waals surface area contributed by atoms with Gasteiger partial charge >= 0.3 is 5.97 Å². The third-order valence-corrected chi connectivity index (χ3v) is 3.27. The summed E-state index contributed by atoms with van der Waals surface area (Å²) in [5, 5.41) is 15.7. The molecular formula is C15H17N3O3. The number of carbonyl (C=O) groups excluding carboxylic acids is 1. The van der Waals surface area contributed by atoms with E-state index in [-0.39, 0.29) is 0 Å². The summed E-state index contributed by atoms with van der Waals surface area (Å²) in [6.45, 7) is 3.48. The second-order valence-corrected chi connectivity index (χ2v) is 4.66. The summed E-state index contributed by atoms with van der Waals surface area (Å²) in [6.07, 6.45) is 1.78. The van der Waals surface area contributed by atoms with E-state index in [1.165, 1.54) is 6.20 Å². The summed E-state index contributed by atoms with van der Waals surface area (Å²) >= 11 is 0. The van der Waals surface area contributed by atoms with Gasteiger partial charge in [-0.3, -0.25) is 4.79 Å². The monoisotopic (exact) mass is 287 g/mol. The molecule has 0 saturated carbocycles. The van der Waals surface area contributed by atoms with Gasteiger partial charge in [0.1, 0.15) is 6.04 Å². The number of nitrogens with zero attached hydrogens (tertiary/aromatic N) is 2. The van der Waals surface area contributed by atoms with Crippen LogP contribution in [0.1, 0.15) is 29.4 Å². The van der Waals surface area contributed by atoms with E-state index in [4.69, 9.17) is 5.11 Å². The number of aromatic nitrogens is 2. The summed E-state index contributed by atoms with van der Waals surface area (Å²) in [7, 11) is 0. The van der Waals surface area contributed by atoms with Crippen molar-refractivity contribution in [3.8, 4) is 5.69 Å². The van der Waals surface area contributed by atoms with Crippen LogP contribution in [0.15, 0.2) is 36.5 Å². The lowest BCUT2D eigenvalue weighted by Gasteiger charge is -2.12. The SMILES string of the molecule is CCC(NC(=O)c1cnn(-c2ccccc2)c1C)C(=O)O. The fourth-order valence-electron chi connectivity index (χ4n) is 2.04. The topological polar surface area (TPSA) is 84.2 Å². The van der Waals surface area contributed by atoms with Crippen molar-refractivity contribution in [2.45, 2.75) is 26.3 Å². The van der Waals surface area contributed by atoms with Gasteiger partial charge in [-0.25, -0.2) is 9.48 Å². The van der Waals surface area contributed by atoms with Crippen LogP contribution in [0, 0.1) is 6.92 Å². The maximum absolute atomic E-state index is 12.2. The largest absolute Gasteiger partial charge is 0.480 e. The van der Waals surface area contributed by atoms with Crippen molar-refractivity contribution in [2.24, 2.45) is 0 Å². The molecule has 0 radical (unpaired) electrons. The molecule has 1 heterocycles. The highest BCUT2D eigenvalue weighted by Gasteiger charge is 2.21. The number of carbonyl (C=O) groups is 2. The number of benzene rings is 1. The molecule has 0 saturated heterocycles. The molecule has 2 aromatic rings. The zero-order chi connectivity index (χ0) is 15.4. The third-order valence-electron chi connectivity index (χ3n) is 3.27. The molecule has 1 amide bonds. The highest BCUT2D eigenvalue weighted by atomic mass is 16.4. The molecule has 6 heteroatoms. The van der Waals surface area contributed by atoms with Crippen LogP contribution >= 0.6 is 0 Å². The number of hydrogen-bond acceptors (Lipinski definition) is 3. The number of carboxylic acid groups (broad SMARTS) is 1. The van der Waals surface area contributed by atoms with Gasteiger partial charge in [0.2, 0.25) is 0 Å². The van der Waals surface area contributed by atoms with Crippen LogP contribution in [-0.2, 0) is 4.79 Å². The van der Waals surface area contributed by atoms with E-state index in [0.717, 1.165) is 5.69 Å². The van der Waals surface area contributed by atoms with E-state index in [2.05, 4.69) is 10.4 Å². The quantitative estimate of drug-likeness (QED) is 0.877. The molecule has 1 aromatic heterocycles. The number of para-hydroxylation sites is 1. The minimum absolute atomic E-state index is 0.326. The van der Waals surface area contributed by atoms with Gasteiger partial charge in [-0.15, -0.1) is 0 Å². The van der Waals surface area contributed by atoms with Crippen LogP contribution in [0.2, 0.25) is 0 Å². The lowest BCUT2D eigenvalue weighted by molar-refractivity contribution is -0.139. The molecule has 0 bridgehead atoms. The summed E-state index contributed by atoms with van der Waals surface area (Å²) in [4.78, 5) is 23.1. The van der Waals surface area contributed by atoms with Crippen molar-refractivity contribution < 1.29 is 14.7 Å². The average molecular weight is 287 g/mol. The average Bonchev–Trinajstić information content (AvgIpc) is 2.87. The maximum Gasteiger partial charge on any atom is 0.326 e. The first-order chi connectivity index (χ1) is 10.0. The smallest absolute Gasteiger partial charge is 0.326 e. The third kappa shape index (κ3) is 3.10. The van der Waals surface area contributed by atoms with Crippen LogP contribution in [0.5, 0.6) is 0 Å². The molecule has 0 aliphatic heterocycles. The van der Waals surface area contributed by atoms with Gasteiger partial charge < -0.3 is 10.4 Å². The molecule has 110 valence electrons. The van der Waals surface area contributed by atoms with E-state index < -0.39 is 17.9 Å². The Morgan fingerprint density at radius 3 is 2.57 bits per heavy atom. The minimum Gasteiger partial charge on any atom is -0.480 e. The molecule has 0 aliphatic rings. The zero-order valence-corrected chi connectivity index (χ0v) is 11.9. The maximum atomic E-state index is 12.2. The molecule has 0 fully saturated rings. The van der Waals surface area contributed by atoms with E-state index in [9.17, 15) is 9.59 Å². The first kappa shape index (κ1) is 14.8. The van der Waals surface area contributed by atoms with E-state index >= 15 is 0 Å². The van der Waals surface area contributed by atoms with Gasteiger partial charge in [0.15, 0.2) is 0 Å². The van der Waals surface area contributed by atoms with Gasteiger partial charge in [0.25, 0.3) is 5.91 Å². The molecule has 1 unspecified atom stereocenters. The summed E-state index contributed by atoms with van der Waals surface area (Å²) in [5.41, 5.74) is 1.89. The van der Waals surface area contributed by atoms with Gasteiger partial charge in [-0.05, 0) is 25.5 Å². The lowest BCUT2D eigenvalue weighted by atomic mass is 10.2. The Balaban J connectivity index is 2.24. The fourth-order valence-corrected chi connectivity index (χ4v) is 2.04. The van der Waals surface area contributed by atoms with Crippen molar-refractivity contribution in [3.05, 3.63) is 47.8 Å². The second kappa shape index (κ2) is 6.21. The first-order valence-corrected chi connectivity index (χ1v) is 6.68. The Labute approximate surface area is 122 Å². The Kier molecular flexibility index (Phi) is 4.37. The Bertz CT molecular complexity index is 649. The number of nitrogens with one attached hydrogen (secondary N) is 1. The van der Waals surface area contributed by atoms with Crippen molar-refractivity contribution >= 4 is 11.9 Å². The summed E-state index contributed by atoms with van der Waals surface area (Å²) in [5.74, 6) is -1.47. The molecule has 6 nitrogen and oxygen atoms in total. The van der Waals surface area contributed by atoms with Crippen LogP contribution in [0.25, 0.3) is 5.69 Å². The number of amides is 1.